The van der Waals surface area contributed by atoms with Crippen LogP contribution in [0.1, 0.15) is 38.5 Å². The summed E-state index contributed by atoms with van der Waals surface area (Å²) in [5.41, 5.74) is 22.2. The van der Waals surface area contributed by atoms with Crippen molar-refractivity contribution in [2.24, 2.45) is 22.9 Å². The molecule has 1 saturated heterocycles. The van der Waals surface area contributed by atoms with Gasteiger partial charge in [-0.3, -0.25) is 20.4 Å². The van der Waals surface area contributed by atoms with Gasteiger partial charge in [0.15, 0.2) is 11.9 Å². The van der Waals surface area contributed by atoms with E-state index in [1.54, 1.807) is 0 Å². The van der Waals surface area contributed by atoms with Crippen molar-refractivity contribution in [1.82, 2.24) is 31.1 Å². The maximum atomic E-state index is 12.1. The first kappa shape index (κ1) is 31.4. The Morgan fingerprint density at radius 2 is 0.972 bits per heavy atom. The SMILES string of the molecule is N=C(N)NCCCC(N)C(=O)NCCCN1CCN(CCCNC(=O)C(N)CCCNC(=N)N)CC1. The lowest BCUT2D eigenvalue weighted by atomic mass is 10.1. The molecule has 1 heterocycles. The highest BCUT2D eigenvalue weighted by molar-refractivity contribution is 5.81. The number of hydrogen-bond acceptors (Lipinski definition) is 8. The van der Waals surface area contributed by atoms with Gasteiger partial charge in [0, 0.05) is 52.4 Å². The second-order valence-corrected chi connectivity index (χ2v) is 9.15. The van der Waals surface area contributed by atoms with E-state index in [2.05, 4.69) is 31.1 Å². The molecular formula is C22H48N12O2. The van der Waals surface area contributed by atoms with Crippen LogP contribution in [-0.4, -0.2) is 111 Å². The summed E-state index contributed by atoms with van der Waals surface area (Å²) in [5.74, 6) is -0.431. The number of hydrogen-bond donors (Lipinski definition) is 10. The number of rotatable bonds is 18. The van der Waals surface area contributed by atoms with Crippen LogP contribution in [0, 0.1) is 10.8 Å². The number of piperazine rings is 1. The van der Waals surface area contributed by atoms with Gasteiger partial charge >= 0.3 is 0 Å². The maximum Gasteiger partial charge on any atom is 0.236 e. The van der Waals surface area contributed by atoms with Crippen molar-refractivity contribution in [2.75, 3.05) is 65.4 Å². The van der Waals surface area contributed by atoms with Gasteiger partial charge in [0.05, 0.1) is 12.1 Å². The molecule has 1 rings (SSSR count). The van der Waals surface area contributed by atoms with Gasteiger partial charge < -0.3 is 54.0 Å². The Hall–Kier alpha value is -2.68. The van der Waals surface area contributed by atoms with E-state index in [1.807, 2.05) is 0 Å². The summed E-state index contributed by atoms with van der Waals surface area (Å²) in [5, 5.41) is 25.4. The summed E-state index contributed by atoms with van der Waals surface area (Å²) in [4.78, 5) is 28.9. The van der Waals surface area contributed by atoms with E-state index in [-0.39, 0.29) is 23.7 Å². The molecule has 0 aromatic carbocycles. The van der Waals surface area contributed by atoms with Gasteiger partial charge in [-0.15, -0.1) is 0 Å². The molecule has 2 unspecified atom stereocenters. The van der Waals surface area contributed by atoms with Crippen LogP contribution in [0.25, 0.3) is 0 Å². The summed E-state index contributed by atoms with van der Waals surface area (Å²) < 4.78 is 0. The van der Waals surface area contributed by atoms with Gasteiger partial charge in [-0.05, 0) is 51.6 Å². The second kappa shape index (κ2) is 18.6. The lowest BCUT2D eigenvalue weighted by Crippen LogP contribution is -2.48. The predicted octanol–water partition coefficient (Wildman–Crippen LogP) is -3.20. The monoisotopic (exact) mass is 512 g/mol. The fourth-order valence-corrected chi connectivity index (χ4v) is 3.88. The quantitative estimate of drug-likeness (QED) is 0.0501. The van der Waals surface area contributed by atoms with E-state index in [0.29, 0.717) is 51.9 Å². The van der Waals surface area contributed by atoms with Crippen LogP contribution in [0.5, 0.6) is 0 Å². The molecule has 1 fully saturated rings. The number of guanidine groups is 2. The molecule has 0 aromatic heterocycles. The molecule has 0 saturated carbocycles. The van der Waals surface area contributed by atoms with Crippen LogP contribution < -0.4 is 44.2 Å². The first-order valence-electron chi connectivity index (χ1n) is 12.9. The molecule has 2 atom stereocenters. The average Bonchev–Trinajstić information content (AvgIpc) is 2.84. The Morgan fingerprint density at radius 3 is 1.31 bits per heavy atom. The van der Waals surface area contributed by atoms with E-state index in [9.17, 15) is 9.59 Å². The van der Waals surface area contributed by atoms with E-state index in [4.69, 9.17) is 33.8 Å². The first-order valence-corrected chi connectivity index (χ1v) is 12.9. The Morgan fingerprint density at radius 1 is 0.639 bits per heavy atom. The maximum absolute atomic E-state index is 12.1. The molecule has 0 radical (unpaired) electrons. The molecule has 0 spiro atoms. The van der Waals surface area contributed by atoms with Crippen LogP contribution in [0.2, 0.25) is 0 Å². The third kappa shape index (κ3) is 15.3. The summed E-state index contributed by atoms with van der Waals surface area (Å²) in [6.07, 6.45) is 4.21. The van der Waals surface area contributed by atoms with Crippen molar-refractivity contribution in [3.05, 3.63) is 0 Å². The molecular weight excluding hydrogens is 464 g/mol. The van der Waals surface area contributed by atoms with Gasteiger partial charge in [-0.1, -0.05) is 0 Å². The third-order valence-electron chi connectivity index (χ3n) is 6.05. The Bertz CT molecular complexity index is 613. The minimum Gasteiger partial charge on any atom is -0.370 e. The number of carbonyl (C=O) groups is 2. The zero-order valence-electron chi connectivity index (χ0n) is 21.5. The molecule has 14 nitrogen and oxygen atoms in total. The Balaban J connectivity index is 2.02. The van der Waals surface area contributed by atoms with Gasteiger partial charge in [-0.2, -0.15) is 0 Å². The standard InChI is InChI=1S/C22H48N12O2/c23-17(5-1-7-31-21(25)26)19(35)29-9-3-11-33-13-15-34(16-14-33)12-4-10-30-20(36)18(24)6-2-8-32-22(27)28/h17-18H,1-16,23-24H2,(H,29,35)(H,30,36)(H4,25,26,31)(H4,27,28,32). The number of amides is 2. The zero-order valence-corrected chi connectivity index (χ0v) is 21.5. The van der Waals surface area contributed by atoms with Gasteiger partial charge in [0.1, 0.15) is 0 Å². The van der Waals surface area contributed by atoms with Crippen molar-refractivity contribution in [1.29, 1.82) is 10.8 Å². The fourth-order valence-electron chi connectivity index (χ4n) is 3.88. The normalized spacial score (nSPS) is 16.1. The highest BCUT2D eigenvalue weighted by atomic mass is 16.2. The number of nitrogens with two attached hydrogens (primary N) is 4. The van der Waals surface area contributed by atoms with Crippen molar-refractivity contribution in [3.8, 4) is 0 Å². The Labute approximate surface area is 214 Å². The molecule has 14 heteroatoms. The second-order valence-electron chi connectivity index (χ2n) is 9.15. The highest BCUT2D eigenvalue weighted by Crippen LogP contribution is 2.03. The van der Waals surface area contributed by atoms with Crippen molar-refractivity contribution >= 4 is 23.7 Å². The van der Waals surface area contributed by atoms with Gasteiger partial charge in [0.25, 0.3) is 0 Å². The zero-order chi connectivity index (χ0) is 26.8. The molecule has 1 aliphatic heterocycles. The van der Waals surface area contributed by atoms with Crippen molar-refractivity contribution in [2.45, 2.75) is 50.6 Å². The summed E-state index contributed by atoms with van der Waals surface area (Å²) >= 11 is 0. The topological polar surface area (TPSA) is 241 Å². The number of nitrogens with one attached hydrogen (secondary N) is 6. The summed E-state index contributed by atoms with van der Waals surface area (Å²) in [6, 6.07) is -1.09. The molecule has 0 aliphatic carbocycles. The molecule has 0 aromatic rings. The van der Waals surface area contributed by atoms with Crippen molar-refractivity contribution < 1.29 is 9.59 Å². The minimum absolute atomic E-state index is 0.0773. The van der Waals surface area contributed by atoms with Crippen LogP contribution in [0.15, 0.2) is 0 Å². The molecule has 1 aliphatic rings. The first-order chi connectivity index (χ1) is 17.2. The fraction of sp³-hybridized carbons (Fsp3) is 0.818. The third-order valence-corrected chi connectivity index (χ3v) is 6.05. The molecule has 2 amide bonds. The van der Waals surface area contributed by atoms with Crippen molar-refractivity contribution in [3.63, 3.8) is 0 Å². The summed E-state index contributed by atoms with van der Waals surface area (Å²) in [7, 11) is 0. The van der Waals surface area contributed by atoms with E-state index in [0.717, 1.165) is 52.1 Å². The number of nitrogens with zero attached hydrogens (tertiary/aromatic N) is 2. The Kier molecular flexibility index (Phi) is 16.2. The highest BCUT2D eigenvalue weighted by Gasteiger charge is 2.17. The molecule has 208 valence electrons. The van der Waals surface area contributed by atoms with Gasteiger partial charge in [0.2, 0.25) is 11.8 Å². The van der Waals surface area contributed by atoms with E-state index in [1.165, 1.54) is 0 Å². The molecule has 36 heavy (non-hydrogen) atoms. The van der Waals surface area contributed by atoms with Crippen LogP contribution in [-0.2, 0) is 9.59 Å². The predicted molar refractivity (Wildman–Crippen MR) is 142 cm³/mol. The minimum atomic E-state index is -0.544. The van der Waals surface area contributed by atoms with E-state index < -0.39 is 12.1 Å². The lowest BCUT2D eigenvalue weighted by molar-refractivity contribution is -0.123. The van der Waals surface area contributed by atoms with E-state index >= 15 is 0 Å². The number of carbonyl (C=O) groups excluding carboxylic acids is 2. The lowest BCUT2D eigenvalue weighted by Gasteiger charge is -2.34. The van der Waals surface area contributed by atoms with Crippen LogP contribution in [0.3, 0.4) is 0 Å². The van der Waals surface area contributed by atoms with Gasteiger partial charge in [-0.25, -0.2) is 0 Å². The molecule has 14 N–H and O–H groups in total. The largest absolute Gasteiger partial charge is 0.370 e. The van der Waals surface area contributed by atoms with Crippen LogP contribution in [0.4, 0.5) is 0 Å². The van der Waals surface area contributed by atoms with Crippen LogP contribution >= 0.6 is 0 Å². The molecule has 0 bridgehead atoms. The summed E-state index contributed by atoms with van der Waals surface area (Å²) in [6.45, 7) is 8.10. The smallest absolute Gasteiger partial charge is 0.236 e. The average molecular weight is 513 g/mol.